The fraction of sp³-hybridized carbons (Fsp3) is 0.308. The van der Waals surface area contributed by atoms with Gasteiger partial charge in [0.2, 0.25) is 0 Å². The second-order valence-corrected chi connectivity index (χ2v) is 5.78. The highest BCUT2D eigenvalue weighted by Gasteiger charge is 2.15. The molecule has 104 valence electrons. The number of phenolic OH excluding ortho intramolecular Hbond substituents is 1. The summed E-state index contributed by atoms with van der Waals surface area (Å²) in [5, 5.41) is 28.3. The molecule has 19 heavy (non-hydrogen) atoms. The molecule has 0 saturated heterocycles. The maximum atomic E-state index is 10.3. The fourth-order valence-corrected chi connectivity index (χ4v) is 2.87. The van der Waals surface area contributed by atoms with Crippen LogP contribution in [0.15, 0.2) is 33.2 Å². The van der Waals surface area contributed by atoms with E-state index in [0.29, 0.717) is 29.3 Å². The second-order valence-electron chi connectivity index (χ2n) is 4.01. The minimum atomic E-state index is -0.978. The van der Waals surface area contributed by atoms with Gasteiger partial charge in [-0.15, -0.1) is 0 Å². The third-order valence-electron chi connectivity index (χ3n) is 2.53. The van der Waals surface area contributed by atoms with Crippen LogP contribution >= 0.6 is 31.9 Å². The highest BCUT2D eigenvalue weighted by Crippen LogP contribution is 2.36. The van der Waals surface area contributed by atoms with Crippen molar-refractivity contribution in [2.45, 2.75) is 25.4 Å². The van der Waals surface area contributed by atoms with E-state index in [9.17, 15) is 15.0 Å². The summed E-state index contributed by atoms with van der Waals surface area (Å²) in [5.74, 6) is -0.953. The molecule has 1 rings (SSSR count). The van der Waals surface area contributed by atoms with Gasteiger partial charge in [0.25, 0.3) is 0 Å². The molecule has 0 aromatic heterocycles. The van der Waals surface area contributed by atoms with Crippen LogP contribution in [0.2, 0.25) is 0 Å². The Kier molecular flexibility index (Phi) is 6.54. The number of aromatic hydroxyl groups is 1. The minimum absolute atomic E-state index is 0.0248. The molecular formula is C13H14Br2O4. The zero-order valence-corrected chi connectivity index (χ0v) is 13.2. The molecule has 0 bridgehead atoms. The van der Waals surface area contributed by atoms with Crippen LogP contribution in [0.3, 0.4) is 0 Å². The van der Waals surface area contributed by atoms with Crippen LogP contribution in [0.5, 0.6) is 5.75 Å². The normalized spacial score (nSPS) is 12.8. The standard InChI is InChI=1S/C13H14Br2O4/c14-8-6-9(13(19)10(15)7-8)11(16)4-2-1-3-5-12(17)18/h3,5-7,11,16,19H,1-2,4H2,(H,17,18)/b5-3+/t11-/m1/s1. The van der Waals surface area contributed by atoms with Gasteiger partial charge >= 0.3 is 5.97 Å². The van der Waals surface area contributed by atoms with Crippen LogP contribution < -0.4 is 0 Å². The summed E-state index contributed by atoms with van der Waals surface area (Å²) in [5.41, 5.74) is 0.448. The summed E-state index contributed by atoms with van der Waals surface area (Å²) in [6.45, 7) is 0. The predicted octanol–water partition coefficient (Wildman–Crippen LogP) is 3.76. The number of phenols is 1. The number of unbranched alkanes of at least 4 members (excludes halogenated alkanes) is 1. The summed E-state index contributed by atoms with van der Waals surface area (Å²) in [7, 11) is 0. The molecule has 0 aliphatic rings. The quantitative estimate of drug-likeness (QED) is 0.507. The molecule has 0 aliphatic carbocycles. The Morgan fingerprint density at radius 1 is 1.37 bits per heavy atom. The van der Waals surface area contributed by atoms with Gasteiger partial charge < -0.3 is 15.3 Å². The van der Waals surface area contributed by atoms with Crippen molar-refractivity contribution >= 4 is 37.8 Å². The molecule has 6 heteroatoms. The Morgan fingerprint density at radius 2 is 2.05 bits per heavy atom. The van der Waals surface area contributed by atoms with E-state index in [2.05, 4.69) is 31.9 Å². The highest BCUT2D eigenvalue weighted by molar-refractivity contribution is 9.11. The number of allylic oxidation sites excluding steroid dienone is 1. The third-order valence-corrected chi connectivity index (χ3v) is 3.59. The Labute approximate surface area is 128 Å². The molecular weight excluding hydrogens is 380 g/mol. The Hall–Kier alpha value is -0.850. The van der Waals surface area contributed by atoms with E-state index in [1.54, 1.807) is 18.2 Å². The van der Waals surface area contributed by atoms with Gasteiger partial charge in [0.05, 0.1) is 10.6 Å². The predicted molar refractivity (Wildman–Crippen MR) is 79.1 cm³/mol. The van der Waals surface area contributed by atoms with Crippen LogP contribution in [0.4, 0.5) is 0 Å². The third kappa shape index (κ3) is 5.34. The molecule has 1 aromatic carbocycles. The monoisotopic (exact) mass is 392 g/mol. The van der Waals surface area contributed by atoms with Crippen LogP contribution in [0.1, 0.15) is 30.9 Å². The molecule has 4 nitrogen and oxygen atoms in total. The van der Waals surface area contributed by atoms with Crippen LogP contribution in [0.25, 0.3) is 0 Å². The molecule has 1 atom stereocenters. The topological polar surface area (TPSA) is 77.8 Å². The Bertz CT molecular complexity index is 486. The average molecular weight is 394 g/mol. The van der Waals surface area contributed by atoms with Gasteiger partial charge in [0.15, 0.2) is 0 Å². The number of halogens is 2. The summed E-state index contributed by atoms with van der Waals surface area (Å²) >= 11 is 6.50. The summed E-state index contributed by atoms with van der Waals surface area (Å²) in [4.78, 5) is 10.3. The maximum absolute atomic E-state index is 10.3. The Morgan fingerprint density at radius 3 is 2.68 bits per heavy atom. The van der Waals surface area contributed by atoms with Gasteiger partial charge in [-0.2, -0.15) is 0 Å². The lowest BCUT2D eigenvalue weighted by atomic mass is 10.0. The van der Waals surface area contributed by atoms with Gasteiger partial charge in [-0.25, -0.2) is 4.79 Å². The van der Waals surface area contributed by atoms with Gasteiger partial charge in [-0.3, -0.25) is 0 Å². The van der Waals surface area contributed by atoms with E-state index in [1.165, 1.54) is 0 Å². The van der Waals surface area contributed by atoms with Crippen LogP contribution in [-0.4, -0.2) is 21.3 Å². The smallest absolute Gasteiger partial charge is 0.327 e. The summed E-state index contributed by atoms with van der Waals surface area (Å²) < 4.78 is 1.28. The molecule has 0 saturated carbocycles. The van der Waals surface area contributed by atoms with E-state index in [-0.39, 0.29) is 5.75 Å². The van der Waals surface area contributed by atoms with Crippen molar-refractivity contribution in [3.05, 3.63) is 38.8 Å². The van der Waals surface area contributed by atoms with Crippen molar-refractivity contribution in [3.63, 3.8) is 0 Å². The number of benzene rings is 1. The Balaban J connectivity index is 2.59. The van der Waals surface area contributed by atoms with Gasteiger partial charge in [0.1, 0.15) is 5.75 Å². The van der Waals surface area contributed by atoms with Gasteiger partial charge in [-0.05, 0) is 47.3 Å². The number of hydrogen-bond donors (Lipinski definition) is 3. The zero-order chi connectivity index (χ0) is 14.4. The van der Waals surface area contributed by atoms with Crippen molar-refractivity contribution in [2.24, 2.45) is 0 Å². The molecule has 0 fully saturated rings. The molecule has 3 N–H and O–H groups in total. The number of carboxylic acid groups (broad SMARTS) is 1. The molecule has 0 heterocycles. The van der Waals surface area contributed by atoms with E-state index in [4.69, 9.17) is 5.11 Å². The molecule has 0 amide bonds. The van der Waals surface area contributed by atoms with Crippen molar-refractivity contribution in [3.8, 4) is 5.75 Å². The first-order valence-corrected chi connectivity index (χ1v) is 7.26. The van der Waals surface area contributed by atoms with Crippen molar-refractivity contribution in [1.82, 2.24) is 0 Å². The number of aliphatic hydroxyl groups is 1. The minimum Gasteiger partial charge on any atom is -0.506 e. The first kappa shape index (κ1) is 16.2. The van der Waals surface area contributed by atoms with Crippen LogP contribution in [0, 0.1) is 0 Å². The highest BCUT2D eigenvalue weighted by atomic mass is 79.9. The first-order valence-electron chi connectivity index (χ1n) is 5.67. The van der Waals surface area contributed by atoms with Crippen molar-refractivity contribution in [1.29, 1.82) is 0 Å². The lowest BCUT2D eigenvalue weighted by Crippen LogP contribution is -1.98. The number of rotatable bonds is 6. The van der Waals surface area contributed by atoms with Crippen molar-refractivity contribution < 1.29 is 20.1 Å². The van der Waals surface area contributed by atoms with Gasteiger partial charge in [0, 0.05) is 16.1 Å². The number of carbonyl (C=O) groups is 1. The molecule has 0 unspecified atom stereocenters. The number of hydrogen-bond acceptors (Lipinski definition) is 3. The van der Waals surface area contributed by atoms with E-state index >= 15 is 0 Å². The van der Waals surface area contributed by atoms with E-state index < -0.39 is 12.1 Å². The van der Waals surface area contributed by atoms with E-state index in [0.717, 1.165) is 10.5 Å². The number of aliphatic hydroxyl groups excluding tert-OH is 1. The molecule has 0 aliphatic heterocycles. The second kappa shape index (κ2) is 7.67. The fourth-order valence-electron chi connectivity index (χ4n) is 1.61. The largest absolute Gasteiger partial charge is 0.506 e. The van der Waals surface area contributed by atoms with Gasteiger partial charge in [-0.1, -0.05) is 22.0 Å². The zero-order valence-electron chi connectivity index (χ0n) is 10.0. The number of aliphatic carboxylic acids is 1. The van der Waals surface area contributed by atoms with Crippen LogP contribution in [-0.2, 0) is 4.79 Å². The van der Waals surface area contributed by atoms with E-state index in [1.807, 2.05) is 0 Å². The first-order chi connectivity index (χ1) is 8.91. The van der Waals surface area contributed by atoms with Crippen molar-refractivity contribution in [2.75, 3.05) is 0 Å². The molecule has 1 aromatic rings. The number of carboxylic acids is 1. The summed E-state index contributed by atoms with van der Waals surface area (Å²) in [6.07, 6.45) is 3.49. The maximum Gasteiger partial charge on any atom is 0.327 e. The lowest BCUT2D eigenvalue weighted by molar-refractivity contribution is -0.131. The molecule has 0 radical (unpaired) electrons. The average Bonchev–Trinajstić information content (AvgIpc) is 2.32. The SMILES string of the molecule is O=C(O)/C=C/CCC[C@@H](O)c1cc(Br)cc(Br)c1O. The summed E-state index contributed by atoms with van der Waals surface area (Å²) in [6, 6.07) is 3.36. The molecule has 0 spiro atoms. The lowest BCUT2D eigenvalue weighted by Gasteiger charge is -2.13.